The molecule has 0 unspecified atom stereocenters. The first kappa shape index (κ1) is 11.1. The zero-order chi connectivity index (χ0) is 11.7. The summed E-state index contributed by atoms with van der Waals surface area (Å²) in [5.74, 6) is -0.879. The van der Waals surface area contributed by atoms with Crippen molar-refractivity contribution in [3.8, 4) is 0 Å². The van der Waals surface area contributed by atoms with Crippen LogP contribution in [0.25, 0.3) is 0 Å². The molecule has 0 saturated carbocycles. The fourth-order valence-electron chi connectivity index (χ4n) is 2.65. The van der Waals surface area contributed by atoms with E-state index in [9.17, 15) is 9.90 Å². The number of rotatable bonds is 2. The number of benzene rings is 1. The van der Waals surface area contributed by atoms with E-state index < -0.39 is 5.97 Å². The molecule has 0 aromatic heterocycles. The van der Waals surface area contributed by atoms with Gasteiger partial charge in [0.2, 0.25) is 0 Å². The van der Waals surface area contributed by atoms with Crippen LogP contribution in [0.15, 0.2) is 18.2 Å². The van der Waals surface area contributed by atoms with Gasteiger partial charge in [-0.15, -0.1) is 0 Å². The van der Waals surface area contributed by atoms with Gasteiger partial charge in [0, 0.05) is 19.0 Å². The van der Waals surface area contributed by atoms with Gasteiger partial charge in [0.25, 0.3) is 0 Å². The van der Waals surface area contributed by atoms with E-state index in [-0.39, 0.29) is 11.8 Å². The summed E-state index contributed by atoms with van der Waals surface area (Å²) in [6.45, 7) is 5.45. The van der Waals surface area contributed by atoms with Gasteiger partial charge in [0.15, 0.2) is 0 Å². The van der Waals surface area contributed by atoms with Crippen LogP contribution >= 0.6 is 0 Å². The van der Waals surface area contributed by atoms with Crippen LogP contribution in [-0.2, 0) is 4.79 Å². The molecule has 1 aliphatic rings. The molecule has 1 aliphatic heterocycles. The Kier molecular flexibility index (Phi) is 2.97. The minimum Gasteiger partial charge on any atom is -0.481 e. The molecule has 0 bridgehead atoms. The molecular formula is C13H17NO2. The monoisotopic (exact) mass is 219 g/mol. The topological polar surface area (TPSA) is 49.3 Å². The number of carboxylic acids is 1. The summed E-state index contributed by atoms with van der Waals surface area (Å²) in [5, 5.41) is 12.4. The molecule has 1 fully saturated rings. The summed E-state index contributed by atoms with van der Waals surface area (Å²) in [4.78, 5) is 11.2. The van der Waals surface area contributed by atoms with Crippen LogP contribution in [0.4, 0.5) is 0 Å². The van der Waals surface area contributed by atoms with E-state index in [0.29, 0.717) is 6.54 Å². The Hall–Kier alpha value is -1.35. The van der Waals surface area contributed by atoms with E-state index >= 15 is 0 Å². The molecule has 16 heavy (non-hydrogen) atoms. The summed E-state index contributed by atoms with van der Waals surface area (Å²) >= 11 is 0. The second-order valence-corrected chi connectivity index (χ2v) is 4.51. The third-order valence-corrected chi connectivity index (χ3v) is 3.44. The fourth-order valence-corrected chi connectivity index (χ4v) is 2.65. The Morgan fingerprint density at radius 3 is 2.50 bits per heavy atom. The highest BCUT2D eigenvalue weighted by Gasteiger charge is 2.35. The summed E-state index contributed by atoms with van der Waals surface area (Å²) in [7, 11) is 0. The molecule has 0 radical (unpaired) electrons. The van der Waals surface area contributed by atoms with Crippen molar-refractivity contribution >= 4 is 5.97 Å². The number of carboxylic acid groups (broad SMARTS) is 1. The maximum atomic E-state index is 11.2. The molecule has 1 heterocycles. The van der Waals surface area contributed by atoms with Crippen molar-refractivity contribution < 1.29 is 9.90 Å². The van der Waals surface area contributed by atoms with Gasteiger partial charge in [0.05, 0.1) is 5.92 Å². The first-order valence-electron chi connectivity index (χ1n) is 5.61. The summed E-state index contributed by atoms with van der Waals surface area (Å²) in [5.41, 5.74) is 3.60. The van der Waals surface area contributed by atoms with Crippen molar-refractivity contribution in [2.75, 3.05) is 13.1 Å². The minimum absolute atomic E-state index is 0.110. The molecule has 0 amide bonds. The average Bonchev–Trinajstić information content (AvgIpc) is 2.66. The van der Waals surface area contributed by atoms with Gasteiger partial charge in [-0.2, -0.15) is 0 Å². The predicted octanol–water partition coefficient (Wildman–Crippen LogP) is 1.69. The van der Waals surface area contributed by atoms with E-state index in [1.807, 2.05) is 6.07 Å². The number of aryl methyl sites for hydroxylation is 2. The third kappa shape index (κ3) is 1.83. The first-order chi connectivity index (χ1) is 7.61. The highest BCUT2D eigenvalue weighted by Crippen LogP contribution is 2.32. The van der Waals surface area contributed by atoms with Crippen molar-refractivity contribution in [1.29, 1.82) is 0 Å². The lowest BCUT2D eigenvalue weighted by Crippen LogP contribution is -2.22. The summed E-state index contributed by atoms with van der Waals surface area (Å²) < 4.78 is 0. The minimum atomic E-state index is -0.697. The highest BCUT2D eigenvalue weighted by atomic mass is 16.4. The van der Waals surface area contributed by atoms with Crippen LogP contribution in [0.5, 0.6) is 0 Å². The Bertz CT molecular complexity index is 394. The molecule has 2 N–H and O–H groups in total. The number of hydrogen-bond donors (Lipinski definition) is 2. The van der Waals surface area contributed by atoms with Crippen LogP contribution in [0, 0.1) is 19.8 Å². The van der Waals surface area contributed by atoms with Crippen LogP contribution in [0.2, 0.25) is 0 Å². The van der Waals surface area contributed by atoms with Gasteiger partial charge in [-0.25, -0.2) is 0 Å². The molecule has 0 aliphatic carbocycles. The standard InChI is InChI=1S/C13H17NO2/c1-8-4-3-5-9(2)12(8)10-6-14-7-11(10)13(15)16/h3-5,10-11,14H,6-7H2,1-2H3,(H,15,16)/t10-,11-/m1/s1. The van der Waals surface area contributed by atoms with Gasteiger partial charge in [-0.1, -0.05) is 18.2 Å². The molecule has 0 spiro atoms. The molecule has 1 aromatic rings. The largest absolute Gasteiger partial charge is 0.481 e. The van der Waals surface area contributed by atoms with Crippen molar-refractivity contribution in [2.24, 2.45) is 5.92 Å². The van der Waals surface area contributed by atoms with E-state index in [1.165, 1.54) is 16.7 Å². The average molecular weight is 219 g/mol. The predicted molar refractivity (Wildman–Crippen MR) is 62.7 cm³/mol. The quantitative estimate of drug-likeness (QED) is 0.795. The number of hydrogen-bond acceptors (Lipinski definition) is 2. The smallest absolute Gasteiger partial charge is 0.308 e. The molecule has 2 atom stereocenters. The lowest BCUT2D eigenvalue weighted by Gasteiger charge is -2.19. The normalized spacial score (nSPS) is 24.6. The molecule has 1 saturated heterocycles. The SMILES string of the molecule is Cc1cccc(C)c1[C@@H]1CNC[C@H]1C(=O)O. The zero-order valence-electron chi connectivity index (χ0n) is 9.66. The Labute approximate surface area is 95.5 Å². The highest BCUT2D eigenvalue weighted by molar-refractivity contribution is 5.72. The van der Waals surface area contributed by atoms with Crippen LogP contribution < -0.4 is 5.32 Å². The van der Waals surface area contributed by atoms with Crippen molar-refractivity contribution in [2.45, 2.75) is 19.8 Å². The van der Waals surface area contributed by atoms with E-state index in [0.717, 1.165) is 6.54 Å². The van der Waals surface area contributed by atoms with Gasteiger partial charge >= 0.3 is 5.97 Å². The molecular weight excluding hydrogens is 202 g/mol. The Morgan fingerprint density at radius 1 is 1.31 bits per heavy atom. The van der Waals surface area contributed by atoms with E-state index in [4.69, 9.17) is 0 Å². The molecule has 3 heteroatoms. The number of carbonyl (C=O) groups is 1. The van der Waals surface area contributed by atoms with Crippen LogP contribution in [0.1, 0.15) is 22.6 Å². The van der Waals surface area contributed by atoms with E-state index in [2.05, 4.69) is 31.3 Å². The maximum Gasteiger partial charge on any atom is 0.308 e. The fraction of sp³-hybridized carbons (Fsp3) is 0.462. The Morgan fingerprint density at radius 2 is 1.94 bits per heavy atom. The van der Waals surface area contributed by atoms with Gasteiger partial charge in [-0.05, 0) is 30.5 Å². The van der Waals surface area contributed by atoms with Crippen LogP contribution in [0.3, 0.4) is 0 Å². The summed E-state index contributed by atoms with van der Waals surface area (Å²) in [6.07, 6.45) is 0. The lowest BCUT2D eigenvalue weighted by molar-refractivity contribution is -0.141. The lowest BCUT2D eigenvalue weighted by atomic mass is 9.84. The number of nitrogens with one attached hydrogen (secondary N) is 1. The van der Waals surface area contributed by atoms with Crippen molar-refractivity contribution in [1.82, 2.24) is 5.32 Å². The Balaban J connectivity index is 2.40. The van der Waals surface area contributed by atoms with Gasteiger partial charge < -0.3 is 10.4 Å². The summed E-state index contributed by atoms with van der Waals surface area (Å²) in [6, 6.07) is 6.13. The zero-order valence-corrected chi connectivity index (χ0v) is 9.66. The first-order valence-corrected chi connectivity index (χ1v) is 5.61. The third-order valence-electron chi connectivity index (χ3n) is 3.44. The second kappa shape index (κ2) is 4.26. The van der Waals surface area contributed by atoms with Crippen molar-refractivity contribution in [3.63, 3.8) is 0 Å². The van der Waals surface area contributed by atoms with Crippen molar-refractivity contribution in [3.05, 3.63) is 34.9 Å². The second-order valence-electron chi connectivity index (χ2n) is 4.51. The maximum absolute atomic E-state index is 11.2. The molecule has 3 nitrogen and oxygen atoms in total. The number of aliphatic carboxylic acids is 1. The molecule has 2 rings (SSSR count). The van der Waals surface area contributed by atoms with E-state index in [1.54, 1.807) is 0 Å². The van der Waals surface area contributed by atoms with Gasteiger partial charge in [-0.3, -0.25) is 4.79 Å². The molecule has 86 valence electrons. The van der Waals surface area contributed by atoms with Gasteiger partial charge in [0.1, 0.15) is 0 Å². The molecule has 1 aromatic carbocycles. The van der Waals surface area contributed by atoms with Crippen LogP contribution in [-0.4, -0.2) is 24.2 Å².